The van der Waals surface area contributed by atoms with Crippen LogP contribution < -0.4 is 0 Å². The minimum absolute atomic E-state index is 0.192. The van der Waals surface area contributed by atoms with Gasteiger partial charge < -0.3 is 10.0 Å². The molecule has 0 spiro atoms. The average molecular weight is 341 g/mol. The maximum Gasteiger partial charge on any atom is 0.326 e. The van der Waals surface area contributed by atoms with Crippen molar-refractivity contribution in [3.8, 4) is 0 Å². The fourth-order valence-electron chi connectivity index (χ4n) is 2.86. The molecule has 1 N–H and O–H groups in total. The Balaban J connectivity index is 1.63. The van der Waals surface area contributed by atoms with Gasteiger partial charge in [-0.15, -0.1) is 11.8 Å². The number of nitrogens with zero attached hydrogens (tertiary/aromatic N) is 1. The van der Waals surface area contributed by atoms with Crippen molar-refractivity contribution >= 4 is 23.6 Å². The molecule has 5 heteroatoms. The van der Waals surface area contributed by atoms with Crippen molar-refractivity contribution in [2.24, 2.45) is 0 Å². The molecule has 0 unspecified atom stereocenters. The lowest BCUT2D eigenvalue weighted by Gasteiger charge is -2.21. The van der Waals surface area contributed by atoms with Crippen LogP contribution in [0.4, 0.5) is 0 Å². The number of likely N-dealkylation sites (tertiary alicyclic amines) is 1. The van der Waals surface area contributed by atoms with Crippen LogP contribution in [0.25, 0.3) is 0 Å². The molecule has 1 amide bonds. The predicted octanol–water partition coefficient (Wildman–Crippen LogP) is 3.67. The minimum atomic E-state index is -0.920. The molecular formula is C19H19NO3S. The number of aliphatic carboxylic acids is 1. The molecule has 4 nitrogen and oxygen atoms in total. The number of hydrogen-bond donors (Lipinski definition) is 1. The van der Waals surface area contributed by atoms with E-state index in [2.05, 4.69) is 12.1 Å². The summed E-state index contributed by atoms with van der Waals surface area (Å²) in [5, 5.41) is 9.21. The van der Waals surface area contributed by atoms with Crippen molar-refractivity contribution in [1.82, 2.24) is 4.90 Å². The second kappa shape index (κ2) is 7.53. The Hall–Kier alpha value is -2.27. The van der Waals surface area contributed by atoms with Gasteiger partial charge >= 0.3 is 5.97 Å². The van der Waals surface area contributed by atoms with E-state index in [1.165, 1.54) is 9.80 Å². The van der Waals surface area contributed by atoms with Crippen molar-refractivity contribution in [2.75, 3.05) is 6.54 Å². The quantitative estimate of drug-likeness (QED) is 0.843. The van der Waals surface area contributed by atoms with Crippen LogP contribution in [0.1, 0.15) is 28.8 Å². The predicted molar refractivity (Wildman–Crippen MR) is 94.1 cm³/mol. The molecule has 1 fully saturated rings. The smallest absolute Gasteiger partial charge is 0.326 e. The van der Waals surface area contributed by atoms with Crippen LogP contribution in [0.2, 0.25) is 0 Å². The summed E-state index contributed by atoms with van der Waals surface area (Å²) in [6.07, 6.45) is 1.28. The first kappa shape index (κ1) is 16.6. The number of hydrogen-bond acceptors (Lipinski definition) is 3. The van der Waals surface area contributed by atoms with Gasteiger partial charge in [0.15, 0.2) is 0 Å². The molecule has 3 rings (SSSR count). The summed E-state index contributed by atoms with van der Waals surface area (Å²) in [5.41, 5.74) is 1.69. The highest BCUT2D eigenvalue weighted by molar-refractivity contribution is 7.98. The Bertz CT molecular complexity index is 715. The van der Waals surface area contributed by atoms with Gasteiger partial charge in [0.1, 0.15) is 6.04 Å². The Morgan fingerprint density at radius 1 is 1.08 bits per heavy atom. The minimum Gasteiger partial charge on any atom is -0.480 e. The zero-order valence-electron chi connectivity index (χ0n) is 13.2. The van der Waals surface area contributed by atoms with E-state index in [9.17, 15) is 14.7 Å². The molecule has 0 aromatic heterocycles. The van der Waals surface area contributed by atoms with E-state index in [4.69, 9.17) is 0 Å². The summed E-state index contributed by atoms with van der Waals surface area (Å²) >= 11 is 1.74. The van der Waals surface area contributed by atoms with Crippen LogP contribution in [-0.2, 0) is 10.5 Å². The van der Waals surface area contributed by atoms with Crippen LogP contribution in [-0.4, -0.2) is 34.5 Å². The SMILES string of the molecule is O=C(O)[C@@H]1CCCN1C(=O)c1ccc(CSc2ccccc2)cc1. The number of amides is 1. The van der Waals surface area contributed by atoms with Gasteiger partial charge in [0, 0.05) is 22.8 Å². The number of benzene rings is 2. The molecule has 24 heavy (non-hydrogen) atoms. The average Bonchev–Trinajstić information content (AvgIpc) is 3.11. The molecule has 124 valence electrons. The van der Waals surface area contributed by atoms with Crippen LogP contribution in [0, 0.1) is 0 Å². The van der Waals surface area contributed by atoms with Crippen molar-refractivity contribution in [3.05, 3.63) is 65.7 Å². The second-order valence-corrected chi connectivity index (χ2v) is 6.84. The molecule has 1 aliphatic rings. The highest BCUT2D eigenvalue weighted by Crippen LogP contribution is 2.24. The van der Waals surface area contributed by atoms with Gasteiger partial charge in [-0.2, -0.15) is 0 Å². The van der Waals surface area contributed by atoms with Gasteiger partial charge in [-0.05, 0) is 42.7 Å². The molecule has 0 bridgehead atoms. The highest BCUT2D eigenvalue weighted by atomic mass is 32.2. The first-order valence-corrected chi connectivity index (χ1v) is 8.94. The number of carboxylic acid groups (broad SMARTS) is 1. The number of thioether (sulfide) groups is 1. The molecule has 2 aromatic rings. The monoisotopic (exact) mass is 341 g/mol. The third-order valence-corrected chi connectivity index (χ3v) is 5.23. The lowest BCUT2D eigenvalue weighted by atomic mass is 10.1. The molecule has 1 aliphatic heterocycles. The van der Waals surface area contributed by atoms with Gasteiger partial charge in [-0.3, -0.25) is 4.79 Å². The molecule has 2 aromatic carbocycles. The van der Waals surface area contributed by atoms with E-state index < -0.39 is 12.0 Å². The van der Waals surface area contributed by atoms with Crippen LogP contribution in [0.15, 0.2) is 59.5 Å². The van der Waals surface area contributed by atoms with Crippen molar-refractivity contribution < 1.29 is 14.7 Å². The number of rotatable bonds is 5. The van der Waals surface area contributed by atoms with E-state index in [0.717, 1.165) is 17.7 Å². The summed E-state index contributed by atoms with van der Waals surface area (Å²) in [4.78, 5) is 26.4. The third-order valence-electron chi connectivity index (χ3n) is 4.15. The largest absolute Gasteiger partial charge is 0.480 e. The zero-order chi connectivity index (χ0) is 16.9. The Morgan fingerprint density at radius 3 is 2.46 bits per heavy atom. The standard InChI is InChI=1S/C19H19NO3S/c21-18(20-12-4-7-17(20)19(22)23)15-10-8-14(9-11-15)13-24-16-5-2-1-3-6-16/h1-3,5-6,8-11,17H,4,7,12-13H2,(H,22,23)/t17-/m0/s1. The number of carbonyl (C=O) groups excluding carboxylic acids is 1. The highest BCUT2D eigenvalue weighted by Gasteiger charge is 2.34. The molecule has 1 atom stereocenters. The van der Waals surface area contributed by atoms with E-state index in [1.807, 2.05) is 30.3 Å². The van der Waals surface area contributed by atoms with Gasteiger partial charge in [0.05, 0.1) is 0 Å². The Morgan fingerprint density at radius 2 is 1.79 bits per heavy atom. The molecule has 0 radical (unpaired) electrons. The topological polar surface area (TPSA) is 57.6 Å². The van der Waals surface area contributed by atoms with Crippen molar-refractivity contribution in [3.63, 3.8) is 0 Å². The Labute approximate surface area is 145 Å². The van der Waals surface area contributed by atoms with Crippen LogP contribution in [0.3, 0.4) is 0 Å². The van der Waals surface area contributed by atoms with Crippen LogP contribution in [0.5, 0.6) is 0 Å². The molecular weight excluding hydrogens is 322 g/mol. The first-order chi connectivity index (χ1) is 11.6. The summed E-state index contributed by atoms with van der Waals surface area (Å²) in [5.74, 6) is -0.279. The Kier molecular flexibility index (Phi) is 5.20. The maximum absolute atomic E-state index is 12.5. The van der Waals surface area contributed by atoms with Crippen LogP contribution >= 0.6 is 11.8 Å². The van der Waals surface area contributed by atoms with E-state index in [1.54, 1.807) is 23.9 Å². The van der Waals surface area contributed by atoms with Crippen molar-refractivity contribution in [2.45, 2.75) is 29.5 Å². The van der Waals surface area contributed by atoms with E-state index in [0.29, 0.717) is 18.5 Å². The summed E-state index contributed by atoms with van der Waals surface area (Å²) in [6.45, 7) is 0.515. The van der Waals surface area contributed by atoms with Gasteiger partial charge in [0.2, 0.25) is 0 Å². The third kappa shape index (κ3) is 3.79. The molecule has 1 saturated heterocycles. The van der Waals surface area contributed by atoms with Gasteiger partial charge in [-0.1, -0.05) is 30.3 Å². The normalized spacial score (nSPS) is 17.0. The summed E-state index contributed by atoms with van der Waals surface area (Å²) in [7, 11) is 0. The molecule has 1 heterocycles. The fourth-order valence-corrected chi connectivity index (χ4v) is 3.73. The fraction of sp³-hybridized carbons (Fsp3) is 0.263. The number of carboxylic acids is 1. The summed E-state index contributed by atoms with van der Waals surface area (Å²) < 4.78 is 0. The first-order valence-electron chi connectivity index (χ1n) is 7.96. The zero-order valence-corrected chi connectivity index (χ0v) is 14.0. The van der Waals surface area contributed by atoms with E-state index in [-0.39, 0.29) is 5.91 Å². The van der Waals surface area contributed by atoms with Crippen molar-refractivity contribution in [1.29, 1.82) is 0 Å². The van der Waals surface area contributed by atoms with Gasteiger partial charge in [-0.25, -0.2) is 4.79 Å². The lowest BCUT2D eigenvalue weighted by Crippen LogP contribution is -2.40. The maximum atomic E-state index is 12.5. The number of carbonyl (C=O) groups is 2. The molecule has 0 aliphatic carbocycles. The van der Waals surface area contributed by atoms with E-state index >= 15 is 0 Å². The molecule has 0 saturated carbocycles. The second-order valence-electron chi connectivity index (χ2n) is 5.79. The van der Waals surface area contributed by atoms with Gasteiger partial charge in [0.25, 0.3) is 5.91 Å². The lowest BCUT2D eigenvalue weighted by molar-refractivity contribution is -0.141. The summed E-state index contributed by atoms with van der Waals surface area (Å²) in [6, 6.07) is 16.9.